The van der Waals surface area contributed by atoms with Crippen molar-refractivity contribution >= 4 is 0 Å². The highest BCUT2D eigenvalue weighted by molar-refractivity contribution is 5.56. The summed E-state index contributed by atoms with van der Waals surface area (Å²) in [6, 6.07) is 5.78. The molecule has 84 valence electrons. The SMILES string of the molecule is N[C@@H](CO)c1nc(-c2cccc(O)c2)no1. The van der Waals surface area contributed by atoms with Gasteiger partial charge in [0.1, 0.15) is 11.8 Å². The molecule has 1 aromatic carbocycles. The zero-order valence-corrected chi connectivity index (χ0v) is 8.37. The topological polar surface area (TPSA) is 105 Å². The van der Waals surface area contributed by atoms with Crippen LogP contribution in [-0.4, -0.2) is 27.0 Å². The lowest BCUT2D eigenvalue weighted by atomic mass is 10.2. The van der Waals surface area contributed by atoms with Gasteiger partial charge < -0.3 is 20.5 Å². The minimum atomic E-state index is -0.682. The molecule has 0 aliphatic rings. The highest BCUT2D eigenvalue weighted by Crippen LogP contribution is 2.21. The van der Waals surface area contributed by atoms with Crippen molar-refractivity contribution in [2.45, 2.75) is 6.04 Å². The standard InChI is InChI=1S/C10H11N3O3/c11-8(5-14)10-12-9(13-16-10)6-2-1-3-7(15)4-6/h1-4,8,14-15H,5,11H2/t8-/m0/s1. The van der Waals surface area contributed by atoms with Crippen molar-refractivity contribution in [1.29, 1.82) is 0 Å². The van der Waals surface area contributed by atoms with Crippen LogP contribution >= 0.6 is 0 Å². The number of aliphatic hydroxyl groups is 1. The Hall–Kier alpha value is -1.92. The third-order valence-corrected chi connectivity index (χ3v) is 2.06. The number of hydrogen-bond acceptors (Lipinski definition) is 6. The van der Waals surface area contributed by atoms with Gasteiger partial charge in [-0.2, -0.15) is 4.98 Å². The van der Waals surface area contributed by atoms with Crippen molar-refractivity contribution in [3.8, 4) is 17.1 Å². The van der Waals surface area contributed by atoms with Crippen LogP contribution in [0.1, 0.15) is 11.9 Å². The number of hydrogen-bond donors (Lipinski definition) is 3. The van der Waals surface area contributed by atoms with E-state index < -0.39 is 6.04 Å². The molecule has 2 rings (SSSR count). The predicted octanol–water partition coefficient (Wildman–Crippen LogP) is 0.434. The van der Waals surface area contributed by atoms with Crippen molar-refractivity contribution in [3.05, 3.63) is 30.2 Å². The molecule has 0 amide bonds. The molecule has 16 heavy (non-hydrogen) atoms. The summed E-state index contributed by atoms with van der Waals surface area (Å²) in [7, 11) is 0. The van der Waals surface area contributed by atoms with E-state index in [0.717, 1.165) is 0 Å². The Morgan fingerprint density at radius 2 is 2.25 bits per heavy atom. The van der Waals surface area contributed by atoms with Crippen molar-refractivity contribution in [2.75, 3.05) is 6.61 Å². The number of aliphatic hydroxyl groups excluding tert-OH is 1. The van der Waals surface area contributed by atoms with E-state index in [1.807, 2.05) is 0 Å². The molecule has 0 saturated heterocycles. The molecule has 1 aromatic heterocycles. The molecule has 0 saturated carbocycles. The predicted molar refractivity (Wildman–Crippen MR) is 55.4 cm³/mol. The highest BCUT2D eigenvalue weighted by Gasteiger charge is 2.14. The summed E-state index contributed by atoms with van der Waals surface area (Å²) in [5.41, 5.74) is 6.15. The fourth-order valence-corrected chi connectivity index (χ4v) is 1.23. The Morgan fingerprint density at radius 1 is 1.44 bits per heavy atom. The molecule has 1 atom stereocenters. The van der Waals surface area contributed by atoms with Crippen LogP contribution in [0.15, 0.2) is 28.8 Å². The Bertz CT molecular complexity index is 484. The monoisotopic (exact) mass is 221 g/mol. The summed E-state index contributed by atoms with van der Waals surface area (Å²) in [5, 5.41) is 21.8. The van der Waals surface area contributed by atoms with Gasteiger partial charge in [0.2, 0.25) is 11.7 Å². The van der Waals surface area contributed by atoms with Crippen LogP contribution in [0.25, 0.3) is 11.4 Å². The zero-order chi connectivity index (χ0) is 11.5. The van der Waals surface area contributed by atoms with Gasteiger partial charge in [0.25, 0.3) is 0 Å². The summed E-state index contributed by atoms with van der Waals surface area (Å²) in [6.45, 7) is -0.262. The maximum absolute atomic E-state index is 9.29. The first-order valence-electron chi connectivity index (χ1n) is 4.70. The smallest absolute Gasteiger partial charge is 0.246 e. The second-order valence-corrected chi connectivity index (χ2v) is 3.30. The van der Waals surface area contributed by atoms with Gasteiger partial charge in [-0.25, -0.2) is 0 Å². The van der Waals surface area contributed by atoms with E-state index in [-0.39, 0.29) is 18.2 Å². The first kappa shape index (κ1) is 10.6. The Labute approximate surface area is 91.3 Å². The van der Waals surface area contributed by atoms with E-state index in [2.05, 4.69) is 10.1 Å². The van der Waals surface area contributed by atoms with Crippen LogP contribution < -0.4 is 5.73 Å². The average molecular weight is 221 g/mol. The van der Waals surface area contributed by atoms with E-state index in [0.29, 0.717) is 11.4 Å². The number of nitrogens with zero attached hydrogens (tertiary/aromatic N) is 2. The first-order chi connectivity index (χ1) is 7.70. The largest absolute Gasteiger partial charge is 0.508 e. The molecule has 6 nitrogen and oxygen atoms in total. The maximum Gasteiger partial charge on any atom is 0.246 e. The van der Waals surface area contributed by atoms with Gasteiger partial charge in [-0.1, -0.05) is 17.3 Å². The minimum absolute atomic E-state index is 0.121. The van der Waals surface area contributed by atoms with Crippen molar-refractivity contribution in [3.63, 3.8) is 0 Å². The van der Waals surface area contributed by atoms with E-state index in [1.54, 1.807) is 18.2 Å². The number of aromatic hydroxyl groups is 1. The Kier molecular flexibility index (Phi) is 2.84. The van der Waals surface area contributed by atoms with E-state index >= 15 is 0 Å². The van der Waals surface area contributed by atoms with Crippen molar-refractivity contribution in [2.24, 2.45) is 5.73 Å². The summed E-state index contributed by atoms with van der Waals surface area (Å²) < 4.78 is 4.88. The van der Waals surface area contributed by atoms with Crippen LogP contribution in [0, 0.1) is 0 Å². The van der Waals surface area contributed by atoms with E-state index in [4.69, 9.17) is 15.4 Å². The van der Waals surface area contributed by atoms with Gasteiger partial charge in [0.15, 0.2) is 0 Å². The summed E-state index contributed by atoms with van der Waals surface area (Å²) in [5.74, 6) is 0.617. The molecule has 1 heterocycles. The second-order valence-electron chi connectivity index (χ2n) is 3.30. The number of phenolic OH excluding ortho intramolecular Hbond substituents is 1. The summed E-state index contributed by atoms with van der Waals surface area (Å²) in [6.07, 6.45) is 0. The number of rotatable bonds is 3. The second kappa shape index (κ2) is 4.30. The average Bonchev–Trinajstić information content (AvgIpc) is 2.77. The lowest BCUT2D eigenvalue weighted by Gasteiger charge is -1.98. The number of nitrogens with two attached hydrogens (primary N) is 1. The lowest BCUT2D eigenvalue weighted by Crippen LogP contribution is -2.14. The van der Waals surface area contributed by atoms with Gasteiger partial charge in [0.05, 0.1) is 6.61 Å². The quantitative estimate of drug-likeness (QED) is 0.694. The minimum Gasteiger partial charge on any atom is -0.508 e. The van der Waals surface area contributed by atoms with Crippen molar-refractivity contribution < 1.29 is 14.7 Å². The van der Waals surface area contributed by atoms with Gasteiger partial charge in [0, 0.05) is 5.56 Å². The van der Waals surface area contributed by atoms with Crippen LogP contribution in [0.4, 0.5) is 0 Å². The van der Waals surface area contributed by atoms with Crippen LogP contribution in [0.2, 0.25) is 0 Å². The zero-order valence-electron chi connectivity index (χ0n) is 8.37. The number of phenols is 1. The molecule has 6 heteroatoms. The summed E-state index contributed by atoms with van der Waals surface area (Å²) >= 11 is 0. The molecule has 0 fully saturated rings. The molecule has 0 aliphatic carbocycles. The van der Waals surface area contributed by atoms with Gasteiger partial charge in [-0.3, -0.25) is 0 Å². The van der Waals surface area contributed by atoms with Gasteiger partial charge in [-0.15, -0.1) is 0 Å². The normalized spacial score (nSPS) is 12.6. The molecule has 0 aliphatic heterocycles. The fraction of sp³-hybridized carbons (Fsp3) is 0.200. The van der Waals surface area contributed by atoms with Gasteiger partial charge >= 0.3 is 0 Å². The molecule has 0 spiro atoms. The Balaban J connectivity index is 2.31. The fourth-order valence-electron chi connectivity index (χ4n) is 1.23. The van der Waals surface area contributed by atoms with E-state index in [9.17, 15) is 5.11 Å². The van der Waals surface area contributed by atoms with Crippen LogP contribution in [-0.2, 0) is 0 Å². The third kappa shape index (κ3) is 2.02. The molecule has 2 aromatic rings. The third-order valence-electron chi connectivity index (χ3n) is 2.06. The number of aromatic nitrogens is 2. The van der Waals surface area contributed by atoms with E-state index in [1.165, 1.54) is 6.07 Å². The summed E-state index contributed by atoms with van der Waals surface area (Å²) in [4.78, 5) is 4.02. The lowest BCUT2D eigenvalue weighted by molar-refractivity contribution is 0.237. The van der Waals surface area contributed by atoms with Crippen LogP contribution in [0.5, 0.6) is 5.75 Å². The molecule has 0 unspecified atom stereocenters. The molecule has 0 bridgehead atoms. The number of benzene rings is 1. The highest BCUT2D eigenvalue weighted by atomic mass is 16.5. The van der Waals surface area contributed by atoms with Gasteiger partial charge in [-0.05, 0) is 12.1 Å². The Morgan fingerprint density at radius 3 is 2.94 bits per heavy atom. The van der Waals surface area contributed by atoms with Crippen LogP contribution in [0.3, 0.4) is 0 Å². The van der Waals surface area contributed by atoms with Crippen molar-refractivity contribution in [1.82, 2.24) is 10.1 Å². The maximum atomic E-state index is 9.29. The molecule has 4 N–H and O–H groups in total. The molecular formula is C10H11N3O3. The molecular weight excluding hydrogens is 210 g/mol. The first-order valence-corrected chi connectivity index (χ1v) is 4.70. The molecule has 0 radical (unpaired) electrons.